The average Bonchev–Trinajstić information content (AvgIpc) is 2.79. The quantitative estimate of drug-likeness (QED) is 0.878. The Hall–Kier alpha value is -1.69. The Morgan fingerprint density at radius 1 is 1.50 bits per heavy atom. The van der Waals surface area contributed by atoms with Gasteiger partial charge in [0.2, 0.25) is 5.95 Å². The normalized spacial score (nSPS) is 10.9. The first kappa shape index (κ1) is 10.8. The molecule has 1 aromatic heterocycles. The zero-order chi connectivity index (χ0) is 11.4. The summed E-state index contributed by atoms with van der Waals surface area (Å²) >= 11 is 3.39. The molecule has 2 aromatic rings. The van der Waals surface area contributed by atoms with Gasteiger partial charge in [-0.1, -0.05) is 15.9 Å². The molecule has 0 aliphatic rings. The van der Waals surface area contributed by atoms with Gasteiger partial charge < -0.3 is 4.74 Å². The van der Waals surface area contributed by atoms with Gasteiger partial charge in [0.05, 0.1) is 7.11 Å². The van der Waals surface area contributed by atoms with Crippen LogP contribution < -0.4 is 4.74 Å². The van der Waals surface area contributed by atoms with E-state index in [1.807, 2.05) is 18.2 Å². The van der Waals surface area contributed by atoms with Crippen LogP contribution in [0.4, 0.5) is 5.95 Å². The number of aromatic nitrogens is 3. The molecule has 1 aromatic carbocycles. The zero-order valence-corrected chi connectivity index (χ0v) is 10.1. The summed E-state index contributed by atoms with van der Waals surface area (Å²) in [6.07, 6.45) is 3.08. The largest absolute Gasteiger partial charge is 0.496 e. The van der Waals surface area contributed by atoms with E-state index in [0.717, 1.165) is 15.8 Å². The molecule has 16 heavy (non-hydrogen) atoms. The second-order valence-corrected chi connectivity index (χ2v) is 3.87. The van der Waals surface area contributed by atoms with Crippen molar-refractivity contribution in [2.24, 2.45) is 4.99 Å². The maximum atomic E-state index is 5.21. The number of ether oxygens (including phenoxy) is 1. The number of methoxy groups -OCH3 is 1. The fourth-order valence-corrected chi connectivity index (χ4v) is 1.58. The van der Waals surface area contributed by atoms with Gasteiger partial charge in [-0.25, -0.2) is 10.1 Å². The van der Waals surface area contributed by atoms with Crippen molar-refractivity contribution in [1.29, 1.82) is 0 Å². The van der Waals surface area contributed by atoms with E-state index in [9.17, 15) is 0 Å². The molecule has 0 aliphatic carbocycles. The van der Waals surface area contributed by atoms with Gasteiger partial charge in [-0.05, 0) is 18.2 Å². The van der Waals surface area contributed by atoms with Gasteiger partial charge in [0.25, 0.3) is 0 Å². The third-order valence-corrected chi connectivity index (χ3v) is 2.41. The number of aromatic amines is 1. The topological polar surface area (TPSA) is 63.2 Å². The summed E-state index contributed by atoms with van der Waals surface area (Å²) in [6, 6.07) is 5.69. The summed E-state index contributed by atoms with van der Waals surface area (Å²) in [5.41, 5.74) is 0.869. The summed E-state index contributed by atoms with van der Waals surface area (Å²) < 4.78 is 6.18. The van der Waals surface area contributed by atoms with Crippen LogP contribution in [0.25, 0.3) is 0 Å². The second-order valence-electron chi connectivity index (χ2n) is 2.95. The Bertz CT molecular complexity index is 496. The first-order chi connectivity index (χ1) is 7.79. The lowest BCUT2D eigenvalue weighted by Gasteiger charge is -2.03. The van der Waals surface area contributed by atoms with Crippen LogP contribution in [0.15, 0.2) is 34.0 Å². The SMILES string of the molecule is COc1ccc(Br)cc1C=Nc1ncn[nH]1. The van der Waals surface area contributed by atoms with Gasteiger partial charge >= 0.3 is 0 Å². The molecule has 0 saturated carbocycles. The van der Waals surface area contributed by atoms with Crippen molar-refractivity contribution in [3.8, 4) is 5.75 Å². The number of benzene rings is 1. The summed E-state index contributed by atoms with van der Waals surface area (Å²) in [4.78, 5) is 8.02. The first-order valence-electron chi connectivity index (χ1n) is 4.52. The third-order valence-electron chi connectivity index (χ3n) is 1.92. The molecule has 2 rings (SSSR count). The van der Waals surface area contributed by atoms with Gasteiger partial charge in [0.15, 0.2) is 0 Å². The number of halogens is 1. The standard InChI is InChI=1S/C10H9BrN4O/c1-16-9-3-2-8(11)4-7(9)5-12-10-13-6-14-15-10/h2-6H,1H3,(H,13,14,15). The zero-order valence-electron chi connectivity index (χ0n) is 8.51. The van der Waals surface area contributed by atoms with Crippen LogP contribution in [0.5, 0.6) is 5.75 Å². The number of hydrogen-bond donors (Lipinski definition) is 1. The van der Waals surface area contributed by atoms with Gasteiger partial charge in [-0.3, -0.25) is 0 Å². The molecule has 0 aliphatic heterocycles. The van der Waals surface area contributed by atoms with Crippen molar-refractivity contribution >= 4 is 28.1 Å². The van der Waals surface area contributed by atoms with Crippen molar-refractivity contribution < 1.29 is 4.74 Å². The van der Waals surface area contributed by atoms with Gasteiger partial charge in [0, 0.05) is 16.3 Å². The Kier molecular flexibility index (Phi) is 3.31. The smallest absolute Gasteiger partial charge is 0.245 e. The number of nitrogens with one attached hydrogen (secondary N) is 1. The van der Waals surface area contributed by atoms with E-state index in [1.165, 1.54) is 6.33 Å². The van der Waals surface area contributed by atoms with Crippen LogP contribution in [0.2, 0.25) is 0 Å². The lowest BCUT2D eigenvalue weighted by molar-refractivity contribution is 0.414. The maximum absolute atomic E-state index is 5.21. The van der Waals surface area contributed by atoms with Crippen LogP contribution in [0.3, 0.4) is 0 Å². The van der Waals surface area contributed by atoms with Crippen molar-refractivity contribution in [2.45, 2.75) is 0 Å². The molecular weight excluding hydrogens is 272 g/mol. The molecule has 0 fully saturated rings. The molecule has 0 saturated heterocycles. The molecular formula is C10H9BrN4O. The maximum Gasteiger partial charge on any atom is 0.245 e. The predicted molar refractivity (Wildman–Crippen MR) is 64.3 cm³/mol. The van der Waals surface area contributed by atoms with E-state index in [0.29, 0.717) is 5.95 Å². The number of H-pyrrole nitrogens is 1. The summed E-state index contributed by atoms with van der Waals surface area (Å²) in [5, 5.41) is 6.35. The molecule has 0 radical (unpaired) electrons. The van der Waals surface area contributed by atoms with E-state index in [4.69, 9.17) is 4.74 Å². The van der Waals surface area contributed by atoms with E-state index in [-0.39, 0.29) is 0 Å². The minimum absolute atomic E-state index is 0.460. The Morgan fingerprint density at radius 3 is 3.06 bits per heavy atom. The highest BCUT2D eigenvalue weighted by Gasteiger charge is 2.01. The van der Waals surface area contributed by atoms with Crippen molar-refractivity contribution in [1.82, 2.24) is 15.2 Å². The van der Waals surface area contributed by atoms with Crippen LogP contribution in [-0.4, -0.2) is 28.5 Å². The molecule has 0 atom stereocenters. The summed E-state index contributed by atoms with van der Waals surface area (Å²) in [7, 11) is 1.62. The van der Waals surface area contributed by atoms with Crippen LogP contribution in [0.1, 0.15) is 5.56 Å². The van der Waals surface area contributed by atoms with Crippen molar-refractivity contribution in [3.05, 3.63) is 34.6 Å². The molecule has 1 heterocycles. The number of nitrogens with zero attached hydrogens (tertiary/aromatic N) is 3. The van der Waals surface area contributed by atoms with Gasteiger partial charge in [-0.2, -0.15) is 10.1 Å². The Balaban J connectivity index is 2.29. The second kappa shape index (κ2) is 4.89. The fraction of sp³-hybridized carbons (Fsp3) is 0.100. The molecule has 1 N–H and O–H groups in total. The molecule has 82 valence electrons. The minimum atomic E-state index is 0.460. The number of aliphatic imine (C=N–C) groups is 1. The van der Waals surface area contributed by atoms with Crippen molar-refractivity contribution in [2.75, 3.05) is 7.11 Å². The van der Waals surface area contributed by atoms with Gasteiger partial charge in [-0.15, -0.1) is 0 Å². The first-order valence-corrected chi connectivity index (χ1v) is 5.32. The highest BCUT2D eigenvalue weighted by Crippen LogP contribution is 2.21. The molecule has 0 bridgehead atoms. The molecule has 6 heteroatoms. The van der Waals surface area contributed by atoms with E-state index >= 15 is 0 Å². The highest BCUT2D eigenvalue weighted by atomic mass is 79.9. The summed E-state index contributed by atoms with van der Waals surface area (Å²) in [5.74, 6) is 1.22. The van der Waals surface area contributed by atoms with Crippen molar-refractivity contribution in [3.63, 3.8) is 0 Å². The fourth-order valence-electron chi connectivity index (χ4n) is 1.20. The molecule has 5 nitrogen and oxygen atoms in total. The van der Waals surface area contributed by atoms with Crippen LogP contribution >= 0.6 is 15.9 Å². The monoisotopic (exact) mass is 280 g/mol. The predicted octanol–water partition coefficient (Wildman–Crippen LogP) is 2.33. The average molecular weight is 281 g/mol. The molecule has 0 unspecified atom stereocenters. The lowest BCUT2D eigenvalue weighted by atomic mass is 10.2. The number of hydrogen-bond acceptors (Lipinski definition) is 4. The van der Waals surface area contributed by atoms with E-state index in [1.54, 1.807) is 13.3 Å². The van der Waals surface area contributed by atoms with Crippen LogP contribution in [0, 0.1) is 0 Å². The Morgan fingerprint density at radius 2 is 2.38 bits per heavy atom. The lowest BCUT2D eigenvalue weighted by Crippen LogP contribution is -1.90. The number of rotatable bonds is 3. The highest BCUT2D eigenvalue weighted by molar-refractivity contribution is 9.10. The Labute approximate surface area is 101 Å². The third kappa shape index (κ3) is 2.46. The molecule has 0 amide bonds. The van der Waals surface area contributed by atoms with Gasteiger partial charge in [0.1, 0.15) is 12.1 Å². The summed E-state index contributed by atoms with van der Waals surface area (Å²) in [6.45, 7) is 0. The van der Waals surface area contributed by atoms with Crippen LogP contribution in [-0.2, 0) is 0 Å². The minimum Gasteiger partial charge on any atom is -0.496 e. The van der Waals surface area contributed by atoms with E-state index in [2.05, 4.69) is 36.1 Å². The van der Waals surface area contributed by atoms with E-state index < -0.39 is 0 Å². The molecule has 0 spiro atoms.